The van der Waals surface area contributed by atoms with Gasteiger partial charge in [-0.1, -0.05) is 35.9 Å². The fourth-order valence-corrected chi connectivity index (χ4v) is 5.96. The van der Waals surface area contributed by atoms with Crippen LogP contribution in [0.1, 0.15) is 37.6 Å². The third kappa shape index (κ3) is 3.97. The fraction of sp³-hybridized carbons (Fsp3) is 0.440. The molecular weight excluding hydrogens is 468 g/mol. The van der Waals surface area contributed by atoms with Gasteiger partial charge in [-0.25, -0.2) is 4.98 Å². The van der Waals surface area contributed by atoms with Crippen LogP contribution in [-0.2, 0) is 16.1 Å². The SMILES string of the molecule is O=C(Nc1cccc(Cl)n1)[C@@H]1[C@H]2CC[C@H](C2)N1C(=O)Cn1nc(C(O)N2CCC2)c2ccccc21. The van der Waals surface area contributed by atoms with E-state index >= 15 is 0 Å². The summed E-state index contributed by atoms with van der Waals surface area (Å²) in [4.78, 5) is 34.7. The van der Waals surface area contributed by atoms with Gasteiger partial charge in [0.05, 0.1) is 5.52 Å². The number of halogens is 1. The van der Waals surface area contributed by atoms with Crippen LogP contribution in [0.15, 0.2) is 42.5 Å². The Kier molecular flexibility index (Phi) is 5.70. The quantitative estimate of drug-likeness (QED) is 0.511. The summed E-state index contributed by atoms with van der Waals surface area (Å²) < 4.78 is 1.66. The first-order valence-electron chi connectivity index (χ1n) is 12.1. The van der Waals surface area contributed by atoms with Gasteiger partial charge in [0.1, 0.15) is 29.3 Å². The number of aliphatic hydroxyl groups is 1. The maximum Gasteiger partial charge on any atom is 0.248 e. The zero-order valence-electron chi connectivity index (χ0n) is 19.2. The largest absolute Gasteiger partial charge is 0.372 e. The number of pyridine rings is 1. The average Bonchev–Trinajstić information content (AvgIpc) is 3.51. The monoisotopic (exact) mass is 494 g/mol. The van der Waals surface area contributed by atoms with Crippen LogP contribution in [0.4, 0.5) is 5.82 Å². The predicted molar refractivity (Wildman–Crippen MR) is 131 cm³/mol. The van der Waals surface area contributed by atoms with E-state index < -0.39 is 12.3 Å². The molecule has 1 aromatic carbocycles. The highest BCUT2D eigenvalue weighted by Gasteiger charge is 2.51. The number of piperidine rings is 1. The van der Waals surface area contributed by atoms with E-state index in [4.69, 9.17) is 11.6 Å². The summed E-state index contributed by atoms with van der Waals surface area (Å²) in [6, 6.07) is 12.2. The Morgan fingerprint density at radius 1 is 1.14 bits per heavy atom. The van der Waals surface area contributed by atoms with Gasteiger partial charge in [0.2, 0.25) is 11.8 Å². The molecule has 1 saturated carbocycles. The fourth-order valence-electron chi connectivity index (χ4n) is 5.79. The molecule has 3 fully saturated rings. The summed E-state index contributed by atoms with van der Waals surface area (Å²) in [6.07, 6.45) is 2.91. The zero-order chi connectivity index (χ0) is 24.1. The van der Waals surface area contributed by atoms with E-state index in [9.17, 15) is 14.7 Å². The summed E-state index contributed by atoms with van der Waals surface area (Å²) >= 11 is 5.97. The van der Waals surface area contributed by atoms with Crippen molar-refractivity contribution in [1.29, 1.82) is 0 Å². The molecule has 3 aromatic rings. The Morgan fingerprint density at radius 2 is 1.97 bits per heavy atom. The van der Waals surface area contributed by atoms with Crippen molar-refractivity contribution in [3.63, 3.8) is 0 Å². The van der Waals surface area contributed by atoms with Crippen molar-refractivity contribution in [3.8, 4) is 0 Å². The summed E-state index contributed by atoms with van der Waals surface area (Å²) in [5.41, 5.74) is 1.36. The van der Waals surface area contributed by atoms with Gasteiger partial charge in [0.25, 0.3) is 0 Å². The molecule has 4 atom stereocenters. The van der Waals surface area contributed by atoms with Gasteiger partial charge in [0.15, 0.2) is 6.23 Å². The van der Waals surface area contributed by atoms with Crippen molar-refractivity contribution in [1.82, 2.24) is 24.6 Å². The molecule has 6 rings (SSSR count). The van der Waals surface area contributed by atoms with Crippen LogP contribution < -0.4 is 5.32 Å². The molecule has 9 nitrogen and oxygen atoms in total. The lowest BCUT2D eigenvalue weighted by Gasteiger charge is -2.34. The molecule has 0 radical (unpaired) electrons. The number of likely N-dealkylation sites (tertiary alicyclic amines) is 2. The highest BCUT2D eigenvalue weighted by atomic mass is 35.5. The molecule has 2 amide bonds. The second kappa shape index (κ2) is 8.89. The molecule has 3 aliphatic rings. The number of carbonyl (C=O) groups excluding carboxylic acids is 2. The molecule has 2 bridgehead atoms. The van der Waals surface area contributed by atoms with Crippen LogP contribution in [0, 0.1) is 5.92 Å². The van der Waals surface area contributed by atoms with E-state index in [2.05, 4.69) is 15.4 Å². The summed E-state index contributed by atoms with van der Waals surface area (Å²) in [7, 11) is 0. The van der Waals surface area contributed by atoms with Crippen molar-refractivity contribution in [2.45, 2.75) is 50.5 Å². The van der Waals surface area contributed by atoms with Gasteiger partial charge in [-0.05, 0) is 49.8 Å². The Labute approximate surface area is 207 Å². The van der Waals surface area contributed by atoms with E-state index in [0.717, 1.165) is 49.7 Å². The van der Waals surface area contributed by atoms with E-state index in [-0.39, 0.29) is 30.3 Å². The van der Waals surface area contributed by atoms with Gasteiger partial charge >= 0.3 is 0 Å². The number of para-hydroxylation sites is 1. The lowest BCUT2D eigenvalue weighted by molar-refractivity contribution is -0.141. The van der Waals surface area contributed by atoms with Crippen LogP contribution in [-0.4, -0.2) is 66.7 Å². The molecule has 2 aliphatic heterocycles. The number of hydrogen-bond acceptors (Lipinski definition) is 6. The average molecular weight is 495 g/mol. The number of rotatable bonds is 6. The molecule has 10 heteroatoms. The van der Waals surface area contributed by atoms with E-state index in [1.807, 2.05) is 29.2 Å². The first kappa shape index (κ1) is 22.5. The molecule has 182 valence electrons. The van der Waals surface area contributed by atoms with Crippen LogP contribution in [0.5, 0.6) is 0 Å². The summed E-state index contributed by atoms with van der Waals surface area (Å²) in [6.45, 7) is 1.67. The van der Waals surface area contributed by atoms with Gasteiger partial charge in [0, 0.05) is 24.5 Å². The van der Waals surface area contributed by atoms with Gasteiger partial charge < -0.3 is 15.3 Å². The number of carbonyl (C=O) groups is 2. The topological polar surface area (TPSA) is 104 Å². The van der Waals surface area contributed by atoms with E-state index in [0.29, 0.717) is 16.7 Å². The number of anilines is 1. The third-order valence-electron chi connectivity index (χ3n) is 7.56. The molecule has 1 unspecified atom stereocenters. The molecule has 0 spiro atoms. The second-order valence-electron chi connectivity index (χ2n) is 9.63. The number of aliphatic hydroxyl groups excluding tert-OH is 1. The van der Waals surface area contributed by atoms with Crippen LogP contribution in [0.25, 0.3) is 10.9 Å². The number of fused-ring (bicyclic) bond motifs is 3. The number of amides is 2. The lowest BCUT2D eigenvalue weighted by Crippen LogP contribution is -2.52. The molecule has 35 heavy (non-hydrogen) atoms. The summed E-state index contributed by atoms with van der Waals surface area (Å²) in [5, 5.41) is 19.5. The Hall–Kier alpha value is -3.01. The number of nitrogens with one attached hydrogen (secondary N) is 1. The minimum atomic E-state index is -0.795. The first-order valence-corrected chi connectivity index (χ1v) is 12.5. The van der Waals surface area contributed by atoms with Crippen molar-refractivity contribution < 1.29 is 14.7 Å². The maximum absolute atomic E-state index is 13.6. The van der Waals surface area contributed by atoms with Crippen molar-refractivity contribution >= 4 is 40.1 Å². The minimum Gasteiger partial charge on any atom is -0.372 e. The lowest BCUT2D eigenvalue weighted by atomic mass is 9.97. The maximum atomic E-state index is 13.6. The number of hydrogen-bond donors (Lipinski definition) is 2. The molecule has 2 aromatic heterocycles. The standard InChI is InChI=1S/C25H27ClN6O3/c26-19-7-3-8-20(27-19)28-24(34)23-15-9-10-16(13-15)32(23)21(33)14-31-18-6-2-1-5-17(18)22(29-31)25(35)30-11-4-12-30/h1-3,5-8,15-16,23,25,35H,4,9-14H2,(H,27,28,34)/t15-,16+,23-,25?/m0/s1. The number of benzene rings is 1. The highest BCUT2D eigenvalue weighted by Crippen LogP contribution is 2.43. The molecule has 2 N–H and O–H groups in total. The van der Waals surface area contributed by atoms with Crippen LogP contribution in [0.2, 0.25) is 5.15 Å². The molecular formula is C25H27ClN6O3. The van der Waals surface area contributed by atoms with Gasteiger partial charge in [-0.2, -0.15) is 5.10 Å². The minimum absolute atomic E-state index is 0.00957. The van der Waals surface area contributed by atoms with Crippen molar-refractivity contribution in [3.05, 3.63) is 53.3 Å². The van der Waals surface area contributed by atoms with Crippen LogP contribution >= 0.6 is 11.6 Å². The van der Waals surface area contributed by atoms with Gasteiger partial charge in [-0.3, -0.25) is 19.2 Å². The number of aromatic nitrogens is 3. The Bertz CT molecular complexity index is 1290. The third-order valence-corrected chi connectivity index (χ3v) is 7.77. The molecule has 4 heterocycles. The Morgan fingerprint density at radius 3 is 2.74 bits per heavy atom. The van der Waals surface area contributed by atoms with E-state index in [1.165, 1.54) is 0 Å². The highest BCUT2D eigenvalue weighted by molar-refractivity contribution is 6.29. The van der Waals surface area contributed by atoms with Gasteiger partial charge in [-0.15, -0.1) is 0 Å². The Balaban J connectivity index is 1.25. The van der Waals surface area contributed by atoms with Crippen LogP contribution in [0.3, 0.4) is 0 Å². The second-order valence-corrected chi connectivity index (χ2v) is 10.0. The van der Waals surface area contributed by atoms with Crippen molar-refractivity contribution in [2.24, 2.45) is 5.92 Å². The zero-order valence-corrected chi connectivity index (χ0v) is 19.9. The van der Waals surface area contributed by atoms with Crippen molar-refractivity contribution in [2.75, 3.05) is 18.4 Å². The normalized spacial score (nSPS) is 24.5. The molecule has 1 aliphatic carbocycles. The first-order chi connectivity index (χ1) is 17.0. The smallest absolute Gasteiger partial charge is 0.248 e. The van der Waals surface area contributed by atoms with E-state index in [1.54, 1.807) is 27.8 Å². The molecule has 2 saturated heterocycles. The summed E-state index contributed by atoms with van der Waals surface area (Å²) in [5.74, 6) is 0.121. The predicted octanol–water partition coefficient (Wildman–Crippen LogP) is 2.80. The number of nitrogens with zero attached hydrogens (tertiary/aromatic N) is 5.